The van der Waals surface area contributed by atoms with Gasteiger partial charge in [0.2, 0.25) is 5.91 Å². The van der Waals surface area contributed by atoms with Gasteiger partial charge >= 0.3 is 0 Å². The highest BCUT2D eigenvalue weighted by Gasteiger charge is 2.45. The van der Waals surface area contributed by atoms with E-state index < -0.39 is 0 Å². The van der Waals surface area contributed by atoms with E-state index in [0.717, 1.165) is 12.5 Å². The smallest absolute Gasteiger partial charge is 0.241 e. The summed E-state index contributed by atoms with van der Waals surface area (Å²) in [7, 11) is 0. The van der Waals surface area contributed by atoms with Gasteiger partial charge in [0.25, 0.3) is 0 Å². The van der Waals surface area contributed by atoms with Crippen LogP contribution in [0, 0.1) is 23.7 Å². The summed E-state index contributed by atoms with van der Waals surface area (Å²) >= 11 is 0. The van der Waals surface area contributed by atoms with E-state index in [1.54, 1.807) is 0 Å². The highest BCUT2D eigenvalue weighted by Crippen LogP contribution is 2.39. The highest BCUT2D eigenvalue weighted by atomic mass is 16.2. The third-order valence-electron chi connectivity index (χ3n) is 5.66. The summed E-state index contributed by atoms with van der Waals surface area (Å²) in [5, 5.41) is 3.67. The number of carbonyl (C=O) groups excluding carboxylic acids is 1. The molecule has 1 heterocycles. The van der Waals surface area contributed by atoms with Crippen molar-refractivity contribution < 1.29 is 4.79 Å². The number of carbonyl (C=O) groups is 1. The topological polar surface area (TPSA) is 32.3 Å². The maximum atomic E-state index is 12.8. The Labute approximate surface area is 123 Å². The van der Waals surface area contributed by atoms with Gasteiger partial charge < -0.3 is 4.90 Å². The van der Waals surface area contributed by atoms with Gasteiger partial charge in [-0.3, -0.25) is 10.1 Å². The van der Waals surface area contributed by atoms with Crippen LogP contribution in [0.2, 0.25) is 0 Å². The Morgan fingerprint density at radius 3 is 2.35 bits per heavy atom. The van der Waals surface area contributed by atoms with Gasteiger partial charge in [0.05, 0.1) is 12.2 Å². The first-order valence-electron chi connectivity index (χ1n) is 8.64. The van der Waals surface area contributed by atoms with Gasteiger partial charge in [-0.2, -0.15) is 0 Å². The zero-order valence-electron chi connectivity index (χ0n) is 13.3. The molecule has 0 spiro atoms. The number of amides is 1. The van der Waals surface area contributed by atoms with Gasteiger partial charge in [0.1, 0.15) is 0 Å². The molecule has 3 atom stereocenters. The summed E-state index contributed by atoms with van der Waals surface area (Å²) in [6.45, 7) is 7.63. The van der Waals surface area contributed by atoms with E-state index in [4.69, 9.17) is 0 Å². The van der Waals surface area contributed by atoms with Crippen LogP contribution in [0.4, 0.5) is 0 Å². The second-order valence-electron chi connectivity index (χ2n) is 7.68. The zero-order valence-corrected chi connectivity index (χ0v) is 13.3. The van der Waals surface area contributed by atoms with Crippen molar-refractivity contribution in [2.75, 3.05) is 6.54 Å². The van der Waals surface area contributed by atoms with Gasteiger partial charge in [0, 0.05) is 6.54 Å². The van der Waals surface area contributed by atoms with Crippen molar-refractivity contribution in [1.82, 2.24) is 10.2 Å². The fourth-order valence-corrected chi connectivity index (χ4v) is 4.13. The lowest BCUT2D eigenvalue weighted by Gasteiger charge is -2.31. The van der Waals surface area contributed by atoms with Crippen LogP contribution in [-0.2, 0) is 4.79 Å². The first-order valence-corrected chi connectivity index (χ1v) is 8.64. The minimum absolute atomic E-state index is 0.0482. The quantitative estimate of drug-likeness (QED) is 0.838. The molecule has 2 aliphatic carbocycles. The molecular formula is C17H30N2O. The van der Waals surface area contributed by atoms with Crippen LogP contribution >= 0.6 is 0 Å². The Kier molecular flexibility index (Phi) is 4.07. The van der Waals surface area contributed by atoms with Crippen LogP contribution < -0.4 is 5.32 Å². The van der Waals surface area contributed by atoms with Crippen molar-refractivity contribution in [2.24, 2.45) is 23.7 Å². The van der Waals surface area contributed by atoms with Gasteiger partial charge in [-0.05, 0) is 49.4 Å². The summed E-state index contributed by atoms with van der Waals surface area (Å²) in [5.74, 6) is 3.01. The van der Waals surface area contributed by atoms with Crippen LogP contribution in [0.3, 0.4) is 0 Å². The van der Waals surface area contributed by atoms with E-state index in [1.807, 2.05) is 0 Å². The first kappa shape index (κ1) is 14.4. The highest BCUT2D eigenvalue weighted by molar-refractivity contribution is 5.84. The van der Waals surface area contributed by atoms with Crippen molar-refractivity contribution in [1.29, 1.82) is 0 Å². The third kappa shape index (κ3) is 2.74. The summed E-state index contributed by atoms with van der Waals surface area (Å²) in [4.78, 5) is 15.0. The maximum Gasteiger partial charge on any atom is 0.241 e. The molecule has 0 radical (unpaired) electrons. The maximum absolute atomic E-state index is 12.8. The Hall–Kier alpha value is -0.570. The molecule has 3 fully saturated rings. The molecule has 3 rings (SSSR count). The molecule has 3 heteroatoms. The van der Waals surface area contributed by atoms with Crippen LogP contribution in [0.25, 0.3) is 0 Å². The molecular weight excluding hydrogens is 248 g/mol. The molecule has 114 valence electrons. The van der Waals surface area contributed by atoms with Gasteiger partial charge in [0.15, 0.2) is 0 Å². The Bertz CT molecular complexity index is 358. The summed E-state index contributed by atoms with van der Waals surface area (Å²) in [6.07, 6.45) is 8.34. The average molecular weight is 278 g/mol. The summed E-state index contributed by atoms with van der Waals surface area (Å²) in [5.41, 5.74) is 0. The molecule has 3 aliphatic rings. The number of rotatable bonds is 5. The molecule has 20 heavy (non-hydrogen) atoms. The predicted molar refractivity (Wildman–Crippen MR) is 81.1 cm³/mol. The molecule has 0 aromatic rings. The SMILES string of the molecule is CC(C)C1NC(C2CCCC2)N(CC(C)C2CC2)C1=O. The van der Waals surface area contributed by atoms with Crippen molar-refractivity contribution in [3.8, 4) is 0 Å². The van der Waals surface area contributed by atoms with Gasteiger partial charge in [-0.1, -0.05) is 33.6 Å². The minimum Gasteiger partial charge on any atom is -0.325 e. The van der Waals surface area contributed by atoms with E-state index >= 15 is 0 Å². The fraction of sp³-hybridized carbons (Fsp3) is 0.941. The number of nitrogens with zero attached hydrogens (tertiary/aromatic N) is 1. The lowest BCUT2D eigenvalue weighted by Crippen LogP contribution is -2.44. The minimum atomic E-state index is 0.0482. The Morgan fingerprint density at radius 2 is 1.80 bits per heavy atom. The summed E-state index contributed by atoms with van der Waals surface area (Å²) < 4.78 is 0. The monoisotopic (exact) mass is 278 g/mol. The van der Waals surface area contributed by atoms with Crippen molar-refractivity contribution in [3.05, 3.63) is 0 Å². The molecule has 1 aliphatic heterocycles. The average Bonchev–Trinajstić information content (AvgIpc) is 3.03. The molecule has 0 aromatic carbocycles. The predicted octanol–water partition coefficient (Wildman–Crippen LogP) is 3.01. The second kappa shape index (κ2) is 5.67. The van der Waals surface area contributed by atoms with E-state index in [2.05, 4.69) is 31.0 Å². The molecule has 1 saturated heterocycles. The van der Waals surface area contributed by atoms with Crippen molar-refractivity contribution >= 4 is 5.91 Å². The Balaban J connectivity index is 1.72. The fourth-order valence-electron chi connectivity index (χ4n) is 4.13. The molecule has 0 bridgehead atoms. The van der Waals surface area contributed by atoms with E-state index in [0.29, 0.717) is 29.8 Å². The van der Waals surface area contributed by atoms with Crippen molar-refractivity contribution in [3.63, 3.8) is 0 Å². The summed E-state index contributed by atoms with van der Waals surface area (Å²) in [6, 6.07) is 0.0482. The van der Waals surface area contributed by atoms with Gasteiger partial charge in [-0.25, -0.2) is 0 Å². The second-order valence-corrected chi connectivity index (χ2v) is 7.68. The van der Waals surface area contributed by atoms with Crippen LogP contribution in [-0.4, -0.2) is 29.6 Å². The molecule has 1 amide bonds. The number of nitrogens with one attached hydrogen (secondary N) is 1. The van der Waals surface area contributed by atoms with E-state index in [1.165, 1.54) is 38.5 Å². The number of hydrogen-bond donors (Lipinski definition) is 1. The van der Waals surface area contributed by atoms with Crippen LogP contribution in [0.5, 0.6) is 0 Å². The zero-order chi connectivity index (χ0) is 14.3. The standard InChI is InChI=1S/C17H30N2O/c1-11(2)15-17(20)19(10-12(3)13-8-9-13)16(18-15)14-6-4-5-7-14/h11-16,18H,4-10H2,1-3H3. The van der Waals surface area contributed by atoms with Crippen molar-refractivity contribution in [2.45, 2.75) is 71.5 Å². The number of hydrogen-bond acceptors (Lipinski definition) is 2. The van der Waals surface area contributed by atoms with Gasteiger partial charge in [-0.15, -0.1) is 0 Å². The molecule has 3 nitrogen and oxygen atoms in total. The largest absolute Gasteiger partial charge is 0.325 e. The first-order chi connectivity index (χ1) is 9.58. The van der Waals surface area contributed by atoms with E-state index in [-0.39, 0.29) is 6.04 Å². The van der Waals surface area contributed by atoms with Crippen LogP contribution in [0.1, 0.15) is 59.3 Å². The molecule has 3 unspecified atom stereocenters. The molecule has 1 N–H and O–H groups in total. The van der Waals surface area contributed by atoms with Crippen LogP contribution in [0.15, 0.2) is 0 Å². The molecule has 2 saturated carbocycles. The Morgan fingerprint density at radius 1 is 1.15 bits per heavy atom. The molecule has 0 aromatic heterocycles. The lowest BCUT2D eigenvalue weighted by molar-refractivity contribution is -0.132. The lowest BCUT2D eigenvalue weighted by atomic mass is 10.0. The third-order valence-corrected chi connectivity index (χ3v) is 5.66. The van der Waals surface area contributed by atoms with E-state index in [9.17, 15) is 4.79 Å². The normalized spacial score (nSPS) is 33.4.